The van der Waals surface area contributed by atoms with Crippen molar-refractivity contribution in [1.82, 2.24) is 19.9 Å². The van der Waals surface area contributed by atoms with Gasteiger partial charge in [-0.15, -0.1) is 0 Å². The lowest BCUT2D eigenvalue weighted by molar-refractivity contribution is -0.137. The maximum Gasteiger partial charge on any atom is 0.230 e. The van der Waals surface area contributed by atoms with Crippen molar-refractivity contribution in [2.75, 3.05) is 26.2 Å². The summed E-state index contributed by atoms with van der Waals surface area (Å²) in [4.78, 5) is 21.8. The molecule has 0 spiro atoms. The van der Waals surface area contributed by atoms with Crippen LogP contribution in [-0.2, 0) is 11.3 Å². The number of hydrogen-bond acceptors (Lipinski definition) is 5. The Morgan fingerprint density at radius 1 is 0.933 bits per heavy atom. The van der Waals surface area contributed by atoms with Crippen molar-refractivity contribution in [3.8, 4) is 11.4 Å². The van der Waals surface area contributed by atoms with Crippen LogP contribution in [0, 0.1) is 5.92 Å². The number of carbonyl (C=O) groups is 1. The Morgan fingerprint density at radius 3 is 2.30 bits per heavy atom. The molecule has 0 radical (unpaired) electrons. The predicted molar refractivity (Wildman–Crippen MR) is 115 cm³/mol. The first-order valence-electron chi connectivity index (χ1n) is 11.7. The van der Waals surface area contributed by atoms with Gasteiger partial charge in [0.15, 0.2) is 0 Å². The number of rotatable bonds is 5. The number of hydrogen-bond donors (Lipinski definition) is 0. The summed E-state index contributed by atoms with van der Waals surface area (Å²) in [6.45, 7) is 4.55. The van der Waals surface area contributed by atoms with E-state index in [4.69, 9.17) is 4.52 Å². The number of piperazine rings is 1. The van der Waals surface area contributed by atoms with Crippen molar-refractivity contribution in [3.05, 3.63) is 35.7 Å². The van der Waals surface area contributed by atoms with Gasteiger partial charge in [0.1, 0.15) is 0 Å². The number of benzene rings is 1. The van der Waals surface area contributed by atoms with Crippen LogP contribution in [0.1, 0.15) is 68.7 Å². The molecule has 160 valence electrons. The van der Waals surface area contributed by atoms with Gasteiger partial charge in [0.25, 0.3) is 0 Å². The maximum absolute atomic E-state index is 12.6. The van der Waals surface area contributed by atoms with Gasteiger partial charge in [0, 0.05) is 50.1 Å². The summed E-state index contributed by atoms with van der Waals surface area (Å²) in [7, 11) is 0. The van der Waals surface area contributed by atoms with E-state index < -0.39 is 0 Å². The van der Waals surface area contributed by atoms with E-state index in [2.05, 4.69) is 44.2 Å². The second-order valence-electron chi connectivity index (χ2n) is 9.22. The highest BCUT2D eigenvalue weighted by molar-refractivity contribution is 5.79. The molecule has 0 unspecified atom stereocenters. The first kappa shape index (κ1) is 19.7. The zero-order chi connectivity index (χ0) is 20.3. The minimum atomic E-state index is 0.295. The number of carbonyl (C=O) groups excluding carboxylic acids is 1. The summed E-state index contributed by atoms with van der Waals surface area (Å²) in [6, 6.07) is 8.52. The lowest BCUT2D eigenvalue weighted by atomic mass is 10.1. The van der Waals surface area contributed by atoms with E-state index in [0.29, 0.717) is 23.6 Å². The number of aromatic nitrogens is 2. The lowest BCUT2D eigenvalue weighted by Crippen LogP contribution is -2.49. The maximum atomic E-state index is 12.6. The Balaban J connectivity index is 1.14. The molecule has 1 aromatic heterocycles. The highest BCUT2D eigenvalue weighted by Gasteiger charge is 2.29. The molecule has 6 heteroatoms. The minimum absolute atomic E-state index is 0.295. The Morgan fingerprint density at radius 2 is 1.60 bits per heavy atom. The van der Waals surface area contributed by atoms with E-state index in [-0.39, 0.29) is 0 Å². The van der Waals surface area contributed by atoms with Gasteiger partial charge in [-0.3, -0.25) is 9.69 Å². The largest absolute Gasteiger partial charge is 0.340 e. The van der Waals surface area contributed by atoms with Crippen LogP contribution < -0.4 is 0 Å². The van der Waals surface area contributed by atoms with E-state index in [9.17, 15) is 4.79 Å². The summed E-state index contributed by atoms with van der Waals surface area (Å²) < 4.78 is 5.52. The second kappa shape index (κ2) is 8.88. The molecule has 1 aliphatic heterocycles. The van der Waals surface area contributed by atoms with Crippen LogP contribution in [0.4, 0.5) is 0 Å². The van der Waals surface area contributed by atoms with Crippen LogP contribution >= 0.6 is 0 Å². The van der Waals surface area contributed by atoms with Crippen molar-refractivity contribution >= 4 is 5.91 Å². The molecule has 0 atom stereocenters. The van der Waals surface area contributed by atoms with E-state index in [1.165, 1.54) is 44.1 Å². The third-order valence-electron chi connectivity index (χ3n) is 7.15. The number of amides is 1. The van der Waals surface area contributed by atoms with Crippen LogP contribution in [-0.4, -0.2) is 52.0 Å². The number of nitrogens with zero attached hydrogens (tertiary/aromatic N) is 4. The first-order valence-corrected chi connectivity index (χ1v) is 11.7. The fraction of sp³-hybridized carbons (Fsp3) is 0.625. The molecule has 2 saturated carbocycles. The molecular formula is C24H32N4O2. The SMILES string of the molecule is O=C(C1CCCC1)N1CCN(Cc2ccc(-c3noc(C4CCCC4)n3)cc2)CC1. The fourth-order valence-electron chi connectivity index (χ4n) is 5.27. The average molecular weight is 409 g/mol. The van der Waals surface area contributed by atoms with Crippen molar-refractivity contribution < 1.29 is 9.32 Å². The Bertz CT molecular complexity index is 842. The van der Waals surface area contributed by atoms with Crippen molar-refractivity contribution in [2.24, 2.45) is 5.92 Å². The van der Waals surface area contributed by atoms with Gasteiger partial charge in [-0.25, -0.2) is 0 Å². The fourth-order valence-corrected chi connectivity index (χ4v) is 5.27. The summed E-state index contributed by atoms with van der Waals surface area (Å²) in [6.07, 6.45) is 9.48. The third-order valence-corrected chi connectivity index (χ3v) is 7.15. The molecule has 2 heterocycles. The molecule has 2 aromatic rings. The molecule has 1 amide bonds. The van der Waals surface area contributed by atoms with Crippen molar-refractivity contribution in [3.63, 3.8) is 0 Å². The molecule has 30 heavy (non-hydrogen) atoms. The van der Waals surface area contributed by atoms with Gasteiger partial charge in [-0.05, 0) is 31.2 Å². The Labute approximate surface area is 178 Å². The average Bonchev–Trinajstić information content (AvgIpc) is 3.57. The van der Waals surface area contributed by atoms with Crippen molar-refractivity contribution in [2.45, 2.75) is 63.8 Å². The molecule has 3 aliphatic rings. The van der Waals surface area contributed by atoms with Crippen LogP contribution in [0.2, 0.25) is 0 Å². The molecule has 1 aromatic carbocycles. The molecular weight excluding hydrogens is 376 g/mol. The van der Waals surface area contributed by atoms with Crippen LogP contribution in [0.15, 0.2) is 28.8 Å². The molecule has 2 aliphatic carbocycles. The van der Waals surface area contributed by atoms with Crippen molar-refractivity contribution in [1.29, 1.82) is 0 Å². The molecule has 6 nitrogen and oxygen atoms in total. The van der Waals surface area contributed by atoms with Gasteiger partial charge in [-0.2, -0.15) is 4.98 Å². The van der Waals surface area contributed by atoms with E-state index in [1.807, 2.05) is 0 Å². The monoisotopic (exact) mass is 408 g/mol. The standard InChI is InChI=1S/C24H32N4O2/c29-24(21-7-3-4-8-21)28-15-13-27(14-16-28)17-18-9-11-19(12-10-18)22-25-23(30-26-22)20-5-1-2-6-20/h9-12,20-21H,1-8,13-17H2. The molecule has 0 bridgehead atoms. The summed E-state index contributed by atoms with van der Waals surface area (Å²) in [5.74, 6) is 2.64. The highest BCUT2D eigenvalue weighted by atomic mass is 16.5. The molecule has 5 rings (SSSR count). The third kappa shape index (κ3) is 4.29. The minimum Gasteiger partial charge on any atom is -0.340 e. The van der Waals surface area contributed by atoms with E-state index in [0.717, 1.165) is 57.0 Å². The molecule has 1 saturated heterocycles. The summed E-state index contributed by atoms with van der Waals surface area (Å²) in [5, 5.41) is 4.20. The Hall–Kier alpha value is -2.21. The molecule has 0 N–H and O–H groups in total. The van der Waals surface area contributed by atoms with Crippen LogP contribution in [0.5, 0.6) is 0 Å². The quantitative estimate of drug-likeness (QED) is 0.741. The zero-order valence-corrected chi connectivity index (χ0v) is 17.8. The Kier molecular flexibility index (Phi) is 5.84. The second-order valence-corrected chi connectivity index (χ2v) is 9.22. The summed E-state index contributed by atoms with van der Waals surface area (Å²) >= 11 is 0. The van der Waals surface area contributed by atoms with Gasteiger partial charge in [0.05, 0.1) is 0 Å². The van der Waals surface area contributed by atoms with E-state index in [1.54, 1.807) is 0 Å². The lowest BCUT2D eigenvalue weighted by Gasteiger charge is -2.36. The van der Waals surface area contributed by atoms with E-state index >= 15 is 0 Å². The van der Waals surface area contributed by atoms with Gasteiger partial charge in [0.2, 0.25) is 17.6 Å². The zero-order valence-electron chi connectivity index (χ0n) is 17.8. The molecule has 3 fully saturated rings. The van der Waals surface area contributed by atoms with Gasteiger partial charge >= 0.3 is 0 Å². The topological polar surface area (TPSA) is 62.5 Å². The summed E-state index contributed by atoms with van der Waals surface area (Å²) in [5.41, 5.74) is 2.30. The van der Waals surface area contributed by atoms with Crippen LogP contribution in [0.25, 0.3) is 11.4 Å². The normalized spacial score (nSPS) is 21.5. The predicted octanol–water partition coefficient (Wildman–Crippen LogP) is 4.23. The first-order chi connectivity index (χ1) is 14.8. The van der Waals surface area contributed by atoms with Gasteiger partial charge < -0.3 is 9.42 Å². The van der Waals surface area contributed by atoms with Crippen LogP contribution in [0.3, 0.4) is 0 Å². The van der Waals surface area contributed by atoms with Gasteiger partial charge in [-0.1, -0.05) is 55.1 Å². The smallest absolute Gasteiger partial charge is 0.230 e. The highest BCUT2D eigenvalue weighted by Crippen LogP contribution is 2.34.